The van der Waals surface area contributed by atoms with E-state index in [0.29, 0.717) is 5.76 Å². The van der Waals surface area contributed by atoms with Gasteiger partial charge in [0.2, 0.25) is 0 Å². The minimum atomic E-state index is -1.87. The molecule has 0 fully saturated rings. The van der Waals surface area contributed by atoms with Gasteiger partial charge in [0.15, 0.2) is 20.4 Å². The number of fused-ring (bicyclic) bond motifs is 1. The first-order valence-electron chi connectivity index (χ1n) is 7.71. The zero-order valence-corrected chi connectivity index (χ0v) is 15.4. The average molecular weight is 308 g/mol. The zero-order chi connectivity index (χ0) is 16.1. The Morgan fingerprint density at radius 1 is 1.38 bits per heavy atom. The molecule has 1 atom stereocenters. The van der Waals surface area contributed by atoms with Crippen LogP contribution in [0.15, 0.2) is 10.5 Å². The first kappa shape index (κ1) is 16.5. The summed E-state index contributed by atoms with van der Waals surface area (Å²) in [4.78, 5) is 11.0. The van der Waals surface area contributed by atoms with Crippen LogP contribution in [0.1, 0.15) is 69.0 Å². The van der Waals surface area contributed by atoms with Crippen LogP contribution < -0.4 is 0 Å². The maximum atomic E-state index is 11.0. The van der Waals surface area contributed by atoms with Gasteiger partial charge in [-0.2, -0.15) is 0 Å². The smallest absolute Gasteiger partial charge is 0.193 e. The summed E-state index contributed by atoms with van der Waals surface area (Å²) in [6.45, 7) is 15.8. The molecule has 2 rings (SSSR count). The van der Waals surface area contributed by atoms with Gasteiger partial charge in [-0.25, -0.2) is 0 Å². The molecule has 1 unspecified atom stereocenters. The first-order valence-corrected chi connectivity index (χ1v) is 10.6. The van der Waals surface area contributed by atoms with Crippen molar-refractivity contribution in [2.75, 3.05) is 0 Å². The van der Waals surface area contributed by atoms with E-state index in [0.717, 1.165) is 30.5 Å². The third-order valence-corrected chi connectivity index (χ3v) is 9.41. The largest absolute Gasteiger partial charge is 0.455 e. The lowest BCUT2D eigenvalue weighted by Crippen LogP contribution is -2.43. The van der Waals surface area contributed by atoms with Crippen LogP contribution in [0.2, 0.25) is 18.1 Å². The number of carbonyl (C=O) groups is 1. The van der Waals surface area contributed by atoms with Gasteiger partial charge < -0.3 is 8.84 Å². The fraction of sp³-hybridized carbons (Fsp3) is 0.706. The fourth-order valence-corrected chi connectivity index (χ4v) is 4.00. The molecule has 1 aliphatic rings. The van der Waals surface area contributed by atoms with Gasteiger partial charge in [0, 0.05) is 0 Å². The Labute approximate surface area is 129 Å². The van der Waals surface area contributed by atoms with Crippen molar-refractivity contribution in [1.29, 1.82) is 0 Å². The molecule has 0 aliphatic heterocycles. The molecule has 0 spiro atoms. The minimum absolute atomic E-state index is 0.0293. The highest BCUT2D eigenvalue weighted by molar-refractivity contribution is 6.74. The van der Waals surface area contributed by atoms with E-state index in [1.807, 2.05) is 6.07 Å². The standard InChI is InChI=1S/C17H28O3Si/c1-16(2,3)21(6,7)20-14-10-17(4,5)9-12-8-13(11-18)19-15(12)14/h8,11,14H,9-10H2,1-7H3. The average Bonchev–Trinajstić information content (AvgIpc) is 2.68. The summed E-state index contributed by atoms with van der Waals surface area (Å²) in [6, 6.07) is 1.88. The Kier molecular flexibility index (Phi) is 4.00. The third-order valence-electron chi connectivity index (χ3n) is 4.92. The maximum Gasteiger partial charge on any atom is 0.193 e. The fourth-order valence-electron chi connectivity index (χ4n) is 2.74. The van der Waals surface area contributed by atoms with Crippen LogP contribution in [0.25, 0.3) is 0 Å². The molecule has 0 radical (unpaired) electrons. The first-order chi connectivity index (χ1) is 9.45. The summed E-state index contributed by atoms with van der Waals surface area (Å²) in [5.41, 5.74) is 1.31. The number of hydrogen-bond donors (Lipinski definition) is 0. The number of hydrogen-bond acceptors (Lipinski definition) is 3. The lowest BCUT2D eigenvalue weighted by atomic mass is 9.75. The molecule has 1 heterocycles. The molecular formula is C17H28O3Si. The minimum Gasteiger partial charge on any atom is -0.455 e. The van der Waals surface area contributed by atoms with Crippen molar-refractivity contribution in [3.63, 3.8) is 0 Å². The summed E-state index contributed by atoms with van der Waals surface area (Å²) < 4.78 is 12.3. The van der Waals surface area contributed by atoms with Gasteiger partial charge in [-0.3, -0.25) is 4.79 Å². The second kappa shape index (κ2) is 5.09. The van der Waals surface area contributed by atoms with Gasteiger partial charge in [-0.15, -0.1) is 0 Å². The van der Waals surface area contributed by atoms with E-state index < -0.39 is 8.32 Å². The molecule has 1 aliphatic carbocycles. The molecule has 1 aromatic heterocycles. The molecule has 118 valence electrons. The summed E-state index contributed by atoms with van der Waals surface area (Å²) in [5, 5.41) is 0.162. The summed E-state index contributed by atoms with van der Waals surface area (Å²) in [5.74, 6) is 1.29. The molecule has 0 saturated heterocycles. The van der Waals surface area contributed by atoms with E-state index in [4.69, 9.17) is 8.84 Å². The van der Waals surface area contributed by atoms with Crippen LogP contribution in [-0.2, 0) is 10.8 Å². The van der Waals surface area contributed by atoms with Crippen molar-refractivity contribution >= 4 is 14.6 Å². The second-order valence-electron chi connectivity index (χ2n) is 8.57. The molecule has 0 amide bonds. The lowest BCUT2D eigenvalue weighted by Gasteiger charge is -2.42. The normalized spacial score (nSPS) is 22.0. The number of aldehydes is 1. The van der Waals surface area contributed by atoms with E-state index in [1.165, 1.54) is 0 Å². The van der Waals surface area contributed by atoms with E-state index in [9.17, 15) is 4.79 Å². The molecular weight excluding hydrogens is 280 g/mol. The van der Waals surface area contributed by atoms with Gasteiger partial charge in [0.25, 0.3) is 0 Å². The van der Waals surface area contributed by atoms with Gasteiger partial charge in [-0.1, -0.05) is 34.6 Å². The Balaban J connectivity index is 2.36. The highest BCUT2D eigenvalue weighted by Crippen LogP contribution is 2.47. The summed E-state index contributed by atoms with van der Waals surface area (Å²) in [6.07, 6.45) is 2.64. The van der Waals surface area contributed by atoms with Crippen molar-refractivity contribution in [2.45, 2.75) is 71.7 Å². The highest BCUT2D eigenvalue weighted by atomic mass is 28.4. The van der Waals surface area contributed by atoms with Gasteiger partial charge in [0.1, 0.15) is 11.9 Å². The van der Waals surface area contributed by atoms with Crippen LogP contribution in [0.4, 0.5) is 0 Å². The molecule has 21 heavy (non-hydrogen) atoms. The Morgan fingerprint density at radius 2 is 2.00 bits per heavy atom. The van der Waals surface area contributed by atoms with Crippen LogP contribution in [-0.4, -0.2) is 14.6 Å². The van der Waals surface area contributed by atoms with Crippen LogP contribution in [0.5, 0.6) is 0 Å². The van der Waals surface area contributed by atoms with Crippen LogP contribution in [0.3, 0.4) is 0 Å². The topological polar surface area (TPSA) is 39.4 Å². The number of furan rings is 1. The summed E-state index contributed by atoms with van der Waals surface area (Å²) >= 11 is 0. The number of carbonyl (C=O) groups excluding carboxylic acids is 1. The van der Waals surface area contributed by atoms with Crippen molar-refractivity contribution < 1.29 is 13.6 Å². The predicted molar refractivity (Wildman–Crippen MR) is 87.2 cm³/mol. The van der Waals surface area contributed by atoms with Crippen molar-refractivity contribution in [2.24, 2.45) is 5.41 Å². The van der Waals surface area contributed by atoms with Gasteiger partial charge >= 0.3 is 0 Å². The predicted octanol–water partition coefficient (Wildman–Crippen LogP) is 5.13. The van der Waals surface area contributed by atoms with E-state index in [1.54, 1.807) is 0 Å². The molecule has 3 nitrogen and oxygen atoms in total. The van der Waals surface area contributed by atoms with Crippen LogP contribution >= 0.6 is 0 Å². The molecule has 0 bridgehead atoms. The second-order valence-corrected chi connectivity index (χ2v) is 13.3. The molecule has 0 aromatic carbocycles. The Morgan fingerprint density at radius 3 is 2.52 bits per heavy atom. The van der Waals surface area contributed by atoms with Crippen molar-refractivity contribution in [3.8, 4) is 0 Å². The third kappa shape index (κ3) is 3.32. The van der Waals surface area contributed by atoms with Crippen LogP contribution in [0, 0.1) is 5.41 Å². The quantitative estimate of drug-likeness (QED) is 0.574. The van der Waals surface area contributed by atoms with Crippen molar-refractivity contribution in [1.82, 2.24) is 0 Å². The monoisotopic (exact) mass is 308 g/mol. The molecule has 1 aromatic rings. The maximum absolute atomic E-state index is 11.0. The molecule has 0 N–H and O–H groups in total. The van der Waals surface area contributed by atoms with E-state index >= 15 is 0 Å². The zero-order valence-electron chi connectivity index (χ0n) is 14.4. The van der Waals surface area contributed by atoms with E-state index in [-0.39, 0.29) is 16.6 Å². The summed E-state index contributed by atoms with van der Waals surface area (Å²) in [7, 11) is -1.87. The van der Waals surface area contributed by atoms with Gasteiger partial charge in [0.05, 0.1) is 0 Å². The van der Waals surface area contributed by atoms with Gasteiger partial charge in [-0.05, 0) is 48.0 Å². The molecule has 4 heteroatoms. The Bertz CT molecular complexity index is 535. The SMILES string of the molecule is CC1(C)Cc2cc(C=O)oc2C(O[Si](C)(C)C(C)(C)C)C1. The van der Waals surface area contributed by atoms with Crippen molar-refractivity contribution in [3.05, 3.63) is 23.2 Å². The van der Waals surface area contributed by atoms with E-state index in [2.05, 4.69) is 47.7 Å². The number of rotatable bonds is 3. The Hall–Kier alpha value is -0.873. The highest BCUT2D eigenvalue weighted by Gasteiger charge is 2.43. The molecule has 0 saturated carbocycles. The lowest BCUT2D eigenvalue weighted by molar-refractivity contribution is 0.0848.